The number of nitrogens with zero attached hydrogens (tertiary/aromatic N) is 1. The van der Waals surface area contributed by atoms with Crippen LogP contribution in [-0.2, 0) is 4.79 Å². The van der Waals surface area contributed by atoms with Crippen LogP contribution in [0.25, 0.3) is 0 Å². The maximum atomic E-state index is 11.1. The Labute approximate surface area is 97.6 Å². The second kappa shape index (κ2) is 4.72. The summed E-state index contributed by atoms with van der Waals surface area (Å²) in [6.45, 7) is 7.85. The molecule has 4 nitrogen and oxygen atoms in total. The first-order chi connectivity index (χ1) is 7.59. The summed E-state index contributed by atoms with van der Waals surface area (Å²) in [5.41, 5.74) is 5.76. The van der Waals surface area contributed by atoms with Gasteiger partial charge in [0.05, 0.1) is 0 Å². The molecule has 2 heterocycles. The van der Waals surface area contributed by atoms with E-state index in [0.717, 1.165) is 45.6 Å². The first-order valence-electron chi connectivity index (χ1n) is 6.31. The number of nitrogens with one attached hydrogen (secondary N) is 1. The molecule has 0 spiro atoms. The van der Waals surface area contributed by atoms with Crippen molar-refractivity contribution in [1.82, 2.24) is 10.2 Å². The summed E-state index contributed by atoms with van der Waals surface area (Å²) in [4.78, 5) is 13.6. The third-order valence-electron chi connectivity index (χ3n) is 4.05. The first kappa shape index (κ1) is 11.9. The zero-order valence-electron chi connectivity index (χ0n) is 10.2. The van der Waals surface area contributed by atoms with Gasteiger partial charge in [0.15, 0.2) is 0 Å². The van der Waals surface area contributed by atoms with Crippen LogP contribution in [0, 0.1) is 11.3 Å². The fourth-order valence-electron chi connectivity index (χ4n) is 2.92. The maximum Gasteiger partial charge on any atom is 0.220 e. The van der Waals surface area contributed by atoms with Crippen molar-refractivity contribution in [3.05, 3.63) is 0 Å². The predicted octanol–water partition coefficient (Wildman–Crippen LogP) is 0.183. The molecule has 1 unspecified atom stereocenters. The SMILES string of the molecule is CC1(CN2CCC(C(N)=O)CC2)CCNC1. The summed E-state index contributed by atoms with van der Waals surface area (Å²) in [6.07, 6.45) is 3.15. The van der Waals surface area contributed by atoms with Crippen molar-refractivity contribution in [2.45, 2.75) is 26.2 Å². The topological polar surface area (TPSA) is 58.4 Å². The Bertz CT molecular complexity index is 253. The number of primary amides is 1. The highest BCUT2D eigenvalue weighted by atomic mass is 16.1. The van der Waals surface area contributed by atoms with Gasteiger partial charge >= 0.3 is 0 Å². The normalized spacial score (nSPS) is 33.1. The van der Waals surface area contributed by atoms with Crippen LogP contribution in [0.2, 0.25) is 0 Å². The molecular weight excluding hydrogens is 202 g/mol. The minimum atomic E-state index is -0.117. The number of likely N-dealkylation sites (tertiary alicyclic amines) is 1. The molecule has 0 aliphatic carbocycles. The molecular formula is C12H23N3O. The largest absolute Gasteiger partial charge is 0.369 e. The van der Waals surface area contributed by atoms with Crippen molar-refractivity contribution in [3.63, 3.8) is 0 Å². The van der Waals surface area contributed by atoms with Crippen LogP contribution in [0.3, 0.4) is 0 Å². The third-order valence-corrected chi connectivity index (χ3v) is 4.05. The number of hydrogen-bond donors (Lipinski definition) is 2. The molecule has 0 bridgehead atoms. The quantitative estimate of drug-likeness (QED) is 0.720. The van der Waals surface area contributed by atoms with Crippen molar-refractivity contribution in [3.8, 4) is 0 Å². The molecule has 1 atom stereocenters. The van der Waals surface area contributed by atoms with Crippen molar-refractivity contribution in [2.75, 3.05) is 32.7 Å². The van der Waals surface area contributed by atoms with Crippen LogP contribution >= 0.6 is 0 Å². The number of amides is 1. The third kappa shape index (κ3) is 2.74. The van der Waals surface area contributed by atoms with E-state index in [9.17, 15) is 4.79 Å². The lowest BCUT2D eigenvalue weighted by atomic mass is 9.87. The van der Waals surface area contributed by atoms with E-state index in [1.165, 1.54) is 6.42 Å². The van der Waals surface area contributed by atoms with E-state index in [2.05, 4.69) is 17.1 Å². The van der Waals surface area contributed by atoms with E-state index in [-0.39, 0.29) is 11.8 Å². The molecule has 2 aliphatic heterocycles. The lowest BCUT2D eigenvalue weighted by Crippen LogP contribution is -2.44. The summed E-state index contributed by atoms with van der Waals surface area (Å²) in [6, 6.07) is 0. The summed E-state index contributed by atoms with van der Waals surface area (Å²) >= 11 is 0. The van der Waals surface area contributed by atoms with Crippen LogP contribution in [0.15, 0.2) is 0 Å². The van der Waals surface area contributed by atoms with E-state index in [1.807, 2.05) is 0 Å². The minimum absolute atomic E-state index is 0.116. The number of carbonyl (C=O) groups is 1. The van der Waals surface area contributed by atoms with Gasteiger partial charge in [-0.2, -0.15) is 0 Å². The lowest BCUT2D eigenvalue weighted by Gasteiger charge is -2.36. The fourth-order valence-corrected chi connectivity index (χ4v) is 2.92. The van der Waals surface area contributed by atoms with E-state index in [1.54, 1.807) is 0 Å². The number of carbonyl (C=O) groups excluding carboxylic acids is 1. The Morgan fingerprint density at radius 2 is 2.19 bits per heavy atom. The van der Waals surface area contributed by atoms with Gasteiger partial charge in [0.25, 0.3) is 0 Å². The highest BCUT2D eigenvalue weighted by molar-refractivity contribution is 5.76. The van der Waals surface area contributed by atoms with E-state index < -0.39 is 0 Å². The molecule has 1 amide bonds. The average molecular weight is 225 g/mol. The van der Waals surface area contributed by atoms with Gasteiger partial charge in [0.2, 0.25) is 5.91 Å². The second-order valence-electron chi connectivity index (χ2n) is 5.69. The Morgan fingerprint density at radius 3 is 2.69 bits per heavy atom. The molecule has 92 valence electrons. The number of nitrogens with two attached hydrogens (primary N) is 1. The molecule has 0 radical (unpaired) electrons. The predicted molar refractivity (Wildman–Crippen MR) is 64.0 cm³/mol. The van der Waals surface area contributed by atoms with Crippen LogP contribution in [0.1, 0.15) is 26.2 Å². The van der Waals surface area contributed by atoms with Crippen LogP contribution in [0.4, 0.5) is 0 Å². The first-order valence-corrected chi connectivity index (χ1v) is 6.31. The zero-order valence-corrected chi connectivity index (χ0v) is 10.2. The van der Waals surface area contributed by atoms with E-state index in [4.69, 9.17) is 5.73 Å². The van der Waals surface area contributed by atoms with Crippen LogP contribution in [0.5, 0.6) is 0 Å². The monoisotopic (exact) mass is 225 g/mol. The smallest absolute Gasteiger partial charge is 0.220 e. The van der Waals surface area contributed by atoms with Crippen molar-refractivity contribution in [1.29, 1.82) is 0 Å². The minimum Gasteiger partial charge on any atom is -0.369 e. The lowest BCUT2D eigenvalue weighted by molar-refractivity contribution is -0.123. The number of rotatable bonds is 3. The molecule has 2 aliphatic rings. The Hall–Kier alpha value is -0.610. The summed E-state index contributed by atoms with van der Waals surface area (Å²) < 4.78 is 0. The Balaban J connectivity index is 1.79. The van der Waals surface area contributed by atoms with Gasteiger partial charge < -0.3 is 16.0 Å². The molecule has 2 saturated heterocycles. The molecule has 0 saturated carbocycles. The van der Waals surface area contributed by atoms with Gasteiger partial charge in [0, 0.05) is 19.0 Å². The highest BCUT2D eigenvalue weighted by Gasteiger charge is 2.32. The van der Waals surface area contributed by atoms with Crippen molar-refractivity contribution >= 4 is 5.91 Å². The van der Waals surface area contributed by atoms with Gasteiger partial charge in [-0.1, -0.05) is 6.92 Å². The molecule has 2 fully saturated rings. The van der Waals surface area contributed by atoms with Gasteiger partial charge in [-0.3, -0.25) is 4.79 Å². The zero-order chi connectivity index (χ0) is 11.6. The molecule has 0 aromatic heterocycles. The maximum absolute atomic E-state index is 11.1. The summed E-state index contributed by atoms with van der Waals surface area (Å²) in [7, 11) is 0. The molecule has 16 heavy (non-hydrogen) atoms. The van der Waals surface area contributed by atoms with Gasteiger partial charge in [-0.05, 0) is 44.3 Å². The number of hydrogen-bond acceptors (Lipinski definition) is 3. The van der Waals surface area contributed by atoms with Gasteiger partial charge in [-0.15, -0.1) is 0 Å². The van der Waals surface area contributed by atoms with Gasteiger partial charge in [-0.25, -0.2) is 0 Å². The van der Waals surface area contributed by atoms with E-state index >= 15 is 0 Å². The second-order valence-corrected chi connectivity index (χ2v) is 5.69. The van der Waals surface area contributed by atoms with Crippen LogP contribution < -0.4 is 11.1 Å². The highest BCUT2D eigenvalue weighted by Crippen LogP contribution is 2.27. The van der Waals surface area contributed by atoms with Crippen molar-refractivity contribution in [2.24, 2.45) is 17.1 Å². The van der Waals surface area contributed by atoms with Gasteiger partial charge in [0.1, 0.15) is 0 Å². The molecule has 0 aromatic rings. The standard InChI is InChI=1S/C12H23N3O/c1-12(4-5-14-8-12)9-15-6-2-10(3-7-15)11(13)16/h10,14H,2-9H2,1H3,(H2,13,16). The summed E-state index contributed by atoms with van der Waals surface area (Å²) in [5.74, 6) is -0.000783. The Kier molecular flexibility index (Phi) is 3.50. The fraction of sp³-hybridized carbons (Fsp3) is 0.917. The molecule has 4 heteroatoms. The number of piperidine rings is 1. The van der Waals surface area contributed by atoms with Crippen LogP contribution in [-0.4, -0.2) is 43.5 Å². The van der Waals surface area contributed by atoms with Crippen molar-refractivity contribution < 1.29 is 4.79 Å². The summed E-state index contributed by atoms with van der Waals surface area (Å²) in [5, 5.41) is 3.43. The molecule has 3 N–H and O–H groups in total. The molecule has 0 aromatic carbocycles. The molecule has 2 rings (SSSR count). The Morgan fingerprint density at radius 1 is 1.50 bits per heavy atom. The van der Waals surface area contributed by atoms with E-state index in [0.29, 0.717) is 5.41 Å². The average Bonchev–Trinajstić information content (AvgIpc) is 2.65.